The molecule has 1 unspecified atom stereocenters. The van der Waals surface area contributed by atoms with E-state index in [1.807, 2.05) is 51.1 Å². The summed E-state index contributed by atoms with van der Waals surface area (Å²) in [7, 11) is 0. The molecule has 1 atom stereocenters. The smallest absolute Gasteiger partial charge is 0.268 e. The zero-order chi connectivity index (χ0) is 26.4. The lowest BCUT2D eigenvalue weighted by molar-refractivity contribution is -0.125. The lowest BCUT2D eigenvalue weighted by Crippen LogP contribution is -2.44. The third-order valence-electron chi connectivity index (χ3n) is 5.78. The Morgan fingerprint density at radius 3 is 2.19 bits per heavy atom. The molecular formula is C29H32N2O6. The van der Waals surface area contributed by atoms with E-state index in [2.05, 4.69) is 5.32 Å². The van der Waals surface area contributed by atoms with Crippen molar-refractivity contribution in [1.82, 2.24) is 0 Å². The van der Waals surface area contributed by atoms with E-state index in [0.29, 0.717) is 66.3 Å². The van der Waals surface area contributed by atoms with E-state index in [9.17, 15) is 9.59 Å². The molecule has 1 aliphatic heterocycles. The summed E-state index contributed by atoms with van der Waals surface area (Å²) in [5.74, 6) is 1.43. The normalized spacial score (nSPS) is 14.4. The fourth-order valence-corrected chi connectivity index (χ4v) is 4.14. The van der Waals surface area contributed by atoms with Gasteiger partial charge in [0, 0.05) is 11.3 Å². The van der Waals surface area contributed by atoms with Crippen LogP contribution in [0.4, 0.5) is 11.4 Å². The summed E-state index contributed by atoms with van der Waals surface area (Å²) in [4.78, 5) is 28.0. The number of ether oxygens (including phenoxy) is 4. The van der Waals surface area contributed by atoms with Crippen LogP contribution in [0.15, 0.2) is 60.7 Å². The molecule has 0 aromatic heterocycles. The predicted molar refractivity (Wildman–Crippen MR) is 142 cm³/mol. The van der Waals surface area contributed by atoms with Crippen LogP contribution in [-0.2, 0) is 11.3 Å². The van der Waals surface area contributed by atoms with E-state index in [1.54, 1.807) is 42.2 Å². The summed E-state index contributed by atoms with van der Waals surface area (Å²) in [5, 5.41) is 2.92. The summed E-state index contributed by atoms with van der Waals surface area (Å²) in [5.41, 5.74) is 2.47. The number of carbonyl (C=O) groups is 2. The van der Waals surface area contributed by atoms with Gasteiger partial charge in [-0.1, -0.05) is 30.3 Å². The van der Waals surface area contributed by atoms with Crippen LogP contribution in [-0.4, -0.2) is 37.7 Å². The maximum atomic E-state index is 13.3. The second-order valence-electron chi connectivity index (χ2n) is 8.41. The average molecular weight is 505 g/mol. The third-order valence-corrected chi connectivity index (χ3v) is 5.78. The zero-order valence-corrected chi connectivity index (χ0v) is 21.6. The summed E-state index contributed by atoms with van der Waals surface area (Å²) in [6, 6.07) is 18.3. The van der Waals surface area contributed by atoms with Crippen molar-refractivity contribution in [1.29, 1.82) is 0 Å². The number of amides is 2. The van der Waals surface area contributed by atoms with Gasteiger partial charge in [0.15, 0.2) is 17.6 Å². The first-order chi connectivity index (χ1) is 17.9. The molecule has 8 nitrogen and oxygen atoms in total. The molecule has 1 heterocycles. The Kier molecular flexibility index (Phi) is 8.18. The molecule has 3 aromatic carbocycles. The number of nitrogens with one attached hydrogen (secondary N) is 1. The quantitative estimate of drug-likeness (QED) is 0.395. The fraction of sp³-hybridized carbons (Fsp3) is 0.310. The highest BCUT2D eigenvalue weighted by molar-refractivity contribution is 6.06. The number of hydrogen-bond donors (Lipinski definition) is 1. The molecule has 194 valence electrons. The molecule has 4 rings (SSSR count). The Bertz CT molecular complexity index is 1230. The topological polar surface area (TPSA) is 86.3 Å². The van der Waals surface area contributed by atoms with Gasteiger partial charge in [0.05, 0.1) is 32.1 Å². The van der Waals surface area contributed by atoms with Crippen LogP contribution in [0.2, 0.25) is 0 Å². The summed E-state index contributed by atoms with van der Waals surface area (Å²) in [6.45, 7) is 8.97. The van der Waals surface area contributed by atoms with Crippen LogP contribution in [0, 0.1) is 0 Å². The van der Waals surface area contributed by atoms with Crippen molar-refractivity contribution in [3.63, 3.8) is 0 Å². The van der Waals surface area contributed by atoms with Gasteiger partial charge in [0.2, 0.25) is 5.75 Å². The molecule has 0 bridgehead atoms. The Morgan fingerprint density at radius 2 is 1.57 bits per heavy atom. The van der Waals surface area contributed by atoms with Crippen molar-refractivity contribution in [3.05, 3.63) is 71.8 Å². The minimum atomic E-state index is -0.602. The number of fused-ring (bicyclic) bond motifs is 1. The highest BCUT2D eigenvalue weighted by Crippen LogP contribution is 2.40. The minimum absolute atomic E-state index is 0.144. The van der Waals surface area contributed by atoms with Gasteiger partial charge in [0.25, 0.3) is 11.8 Å². The SMILES string of the molecule is CCOc1cc(C(=O)Nc2ccc3c(c2)N(Cc2ccccc2)C(=O)C(C)O3)cc(OCC)c1OCC. The van der Waals surface area contributed by atoms with Gasteiger partial charge in [-0.15, -0.1) is 0 Å². The number of anilines is 2. The number of rotatable bonds is 10. The van der Waals surface area contributed by atoms with Gasteiger partial charge in [-0.05, 0) is 63.6 Å². The van der Waals surface area contributed by atoms with E-state index < -0.39 is 6.10 Å². The molecule has 0 radical (unpaired) electrons. The monoisotopic (exact) mass is 504 g/mol. The highest BCUT2D eigenvalue weighted by Gasteiger charge is 2.32. The van der Waals surface area contributed by atoms with Crippen LogP contribution in [0.3, 0.4) is 0 Å². The van der Waals surface area contributed by atoms with Crippen LogP contribution < -0.4 is 29.2 Å². The Balaban J connectivity index is 1.64. The molecule has 0 saturated carbocycles. The molecule has 1 aliphatic rings. The molecule has 37 heavy (non-hydrogen) atoms. The molecular weight excluding hydrogens is 472 g/mol. The fourth-order valence-electron chi connectivity index (χ4n) is 4.14. The average Bonchev–Trinajstić information content (AvgIpc) is 2.89. The highest BCUT2D eigenvalue weighted by atomic mass is 16.5. The maximum absolute atomic E-state index is 13.3. The molecule has 0 fully saturated rings. The predicted octanol–water partition coefficient (Wildman–Crippen LogP) is 5.45. The molecule has 0 saturated heterocycles. The number of hydrogen-bond acceptors (Lipinski definition) is 6. The number of benzene rings is 3. The van der Waals surface area contributed by atoms with Crippen LogP contribution in [0.25, 0.3) is 0 Å². The zero-order valence-electron chi connectivity index (χ0n) is 21.6. The summed E-state index contributed by atoms with van der Waals surface area (Å²) < 4.78 is 23.0. The van der Waals surface area contributed by atoms with Gasteiger partial charge >= 0.3 is 0 Å². The van der Waals surface area contributed by atoms with E-state index in [1.165, 1.54) is 0 Å². The van der Waals surface area contributed by atoms with Crippen molar-refractivity contribution in [2.24, 2.45) is 0 Å². The van der Waals surface area contributed by atoms with Gasteiger partial charge in [-0.2, -0.15) is 0 Å². The Morgan fingerprint density at radius 1 is 0.919 bits per heavy atom. The summed E-state index contributed by atoms with van der Waals surface area (Å²) in [6.07, 6.45) is -0.602. The second-order valence-corrected chi connectivity index (χ2v) is 8.41. The molecule has 0 spiro atoms. The molecule has 2 amide bonds. The first-order valence-corrected chi connectivity index (χ1v) is 12.5. The second kappa shape index (κ2) is 11.7. The molecule has 0 aliphatic carbocycles. The van der Waals surface area contributed by atoms with Gasteiger partial charge in [0.1, 0.15) is 5.75 Å². The van der Waals surface area contributed by atoms with Crippen molar-refractivity contribution >= 4 is 23.2 Å². The van der Waals surface area contributed by atoms with Gasteiger partial charge in [-0.3, -0.25) is 9.59 Å². The molecule has 8 heteroatoms. The standard InChI is InChI=1S/C29H32N2O6/c1-5-34-25-15-21(16-26(35-6-2)27(25)36-7-3)28(32)30-22-13-14-24-23(17-22)31(29(33)19(4)37-24)18-20-11-9-8-10-12-20/h8-17,19H,5-7,18H2,1-4H3,(H,30,32). The third kappa shape index (κ3) is 5.80. The lowest BCUT2D eigenvalue weighted by Gasteiger charge is -2.33. The van der Waals surface area contributed by atoms with Crippen LogP contribution in [0.1, 0.15) is 43.6 Å². The van der Waals surface area contributed by atoms with E-state index in [4.69, 9.17) is 18.9 Å². The first-order valence-electron chi connectivity index (χ1n) is 12.5. The van der Waals surface area contributed by atoms with Crippen molar-refractivity contribution in [3.8, 4) is 23.0 Å². The van der Waals surface area contributed by atoms with E-state index >= 15 is 0 Å². The van der Waals surface area contributed by atoms with Crippen LogP contribution >= 0.6 is 0 Å². The van der Waals surface area contributed by atoms with Gasteiger partial charge in [-0.25, -0.2) is 0 Å². The van der Waals surface area contributed by atoms with Gasteiger partial charge < -0.3 is 29.2 Å². The lowest BCUT2D eigenvalue weighted by atomic mass is 10.1. The number of carbonyl (C=O) groups excluding carboxylic acids is 2. The van der Waals surface area contributed by atoms with E-state index in [0.717, 1.165) is 5.56 Å². The maximum Gasteiger partial charge on any atom is 0.268 e. The minimum Gasteiger partial charge on any atom is -0.490 e. The number of nitrogens with zero attached hydrogens (tertiary/aromatic N) is 1. The van der Waals surface area contributed by atoms with E-state index in [-0.39, 0.29) is 11.8 Å². The van der Waals surface area contributed by atoms with Crippen LogP contribution in [0.5, 0.6) is 23.0 Å². The van der Waals surface area contributed by atoms with Crippen molar-refractivity contribution in [2.45, 2.75) is 40.3 Å². The Labute approximate surface area is 217 Å². The van der Waals surface area contributed by atoms with Crippen molar-refractivity contribution < 1.29 is 28.5 Å². The Hall–Kier alpha value is -4.20. The molecule has 1 N–H and O–H groups in total. The summed E-state index contributed by atoms with van der Waals surface area (Å²) >= 11 is 0. The van der Waals surface area contributed by atoms with Crippen molar-refractivity contribution in [2.75, 3.05) is 30.0 Å². The largest absolute Gasteiger partial charge is 0.490 e. The molecule has 3 aromatic rings. The first kappa shape index (κ1) is 25.9.